The van der Waals surface area contributed by atoms with E-state index in [-0.39, 0.29) is 12.4 Å². The average molecular weight is 171 g/mol. The van der Waals surface area contributed by atoms with Crippen LogP contribution in [0.15, 0.2) is 0 Å². The Morgan fingerprint density at radius 3 is 2.58 bits per heavy atom. The lowest BCUT2D eigenvalue weighted by atomic mass is 10.1. The summed E-state index contributed by atoms with van der Waals surface area (Å²) in [5.41, 5.74) is 0.482. The fourth-order valence-electron chi connectivity index (χ4n) is 0.865. The van der Waals surface area contributed by atoms with E-state index in [9.17, 15) is 4.79 Å². The van der Waals surface area contributed by atoms with E-state index in [1.165, 1.54) is 0 Å². The van der Waals surface area contributed by atoms with Gasteiger partial charge in [-0.25, -0.2) is 0 Å². The van der Waals surface area contributed by atoms with E-state index in [0.29, 0.717) is 12.3 Å². The molecule has 0 aliphatic carbocycles. The summed E-state index contributed by atoms with van der Waals surface area (Å²) in [7, 11) is 0. The summed E-state index contributed by atoms with van der Waals surface area (Å²) >= 11 is 0. The van der Waals surface area contributed by atoms with Gasteiger partial charge in [-0.1, -0.05) is 13.3 Å². The zero-order chi connectivity index (χ0) is 9.40. The lowest BCUT2D eigenvalue weighted by Crippen LogP contribution is -2.10. The fraction of sp³-hybridized carbons (Fsp3) is 0.778. The molecule has 0 fully saturated rings. The predicted molar refractivity (Wildman–Crippen MR) is 48.5 cm³/mol. The minimum Gasteiger partial charge on any atom is -0.466 e. The van der Waals surface area contributed by atoms with Crippen molar-refractivity contribution in [2.45, 2.75) is 39.5 Å². The minimum atomic E-state index is -0.279. The quantitative estimate of drug-likeness (QED) is 0.491. The number of ether oxygens (including phenoxy) is 1. The van der Waals surface area contributed by atoms with Crippen LogP contribution in [0.3, 0.4) is 0 Å². The van der Waals surface area contributed by atoms with Crippen molar-refractivity contribution < 1.29 is 9.53 Å². The van der Waals surface area contributed by atoms with Gasteiger partial charge in [0.05, 0.1) is 13.0 Å². The summed E-state index contributed by atoms with van der Waals surface area (Å²) in [4.78, 5) is 10.9. The standard InChI is InChI=1S/C9H17NO2/c1-3-5-6-8(10)7-9(11)12-4-2/h10H,3-7H2,1-2H3. The summed E-state index contributed by atoms with van der Waals surface area (Å²) in [5.74, 6) is -0.279. The van der Waals surface area contributed by atoms with Gasteiger partial charge in [0.15, 0.2) is 0 Å². The number of unbranched alkanes of at least 4 members (excludes halogenated alkanes) is 1. The number of carbonyl (C=O) groups is 1. The molecule has 0 aliphatic rings. The van der Waals surface area contributed by atoms with Crippen molar-refractivity contribution in [1.29, 1.82) is 5.41 Å². The molecule has 0 amide bonds. The second-order valence-electron chi connectivity index (χ2n) is 2.69. The highest BCUT2D eigenvalue weighted by molar-refractivity contribution is 5.97. The third-order valence-electron chi connectivity index (χ3n) is 1.50. The first-order valence-electron chi connectivity index (χ1n) is 4.42. The van der Waals surface area contributed by atoms with E-state index >= 15 is 0 Å². The van der Waals surface area contributed by atoms with Crippen molar-refractivity contribution in [2.75, 3.05) is 6.61 Å². The molecule has 70 valence electrons. The van der Waals surface area contributed by atoms with E-state index in [4.69, 9.17) is 10.1 Å². The molecule has 1 N–H and O–H groups in total. The highest BCUT2D eigenvalue weighted by Crippen LogP contribution is 1.99. The Hall–Kier alpha value is -0.860. The second-order valence-corrected chi connectivity index (χ2v) is 2.69. The SMILES string of the molecule is CCCCC(=N)CC(=O)OCC. The van der Waals surface area contributed by atoms with Gasteiger partial charge in [-0.05, 0) is 19.8 Å². The Balaban J connectivity index is 3.47. The number of rotatable bonds is 6. The van der Waals surface area contributed by atoms with Gasteiger partial charge in [-0.15, -0.1) is 0 Å². The Morgan fingerprint density at radius 2 is 2.08 bits per heavy atom. The van der Waals surface area contributed by atoms with E-state index in [0.717, 1.165) is 19.3 Å². The molecule has 0 atom stereocenters. The maximum atomic E-state index is 10.9. The highest BCUT2D eigenvalue weighted by atomic mass is 16.5. The van der Waals surface area contributed by atoms with E-state index in [1.54, 1.807) is 6.92 Å². The van der Waals surface area contributed by atoms with E-state index in [1.807, 2.05) is 0 Å². The third-order valence-corrected chi connectivity index (χ3v) is 1.50. The molecule has 0 aromatic carbocycles. The lowest BCUT2D eigenvalue weighted by Gasteiger charge is -2.02. The molecule has 0 saturated heterocycles. The molecule has 0 radical (unpaired) electrons. The molecule has 0 heterocycles. The molecule has 3 heteroatoms. The Labute approximate surface area is 73.6 Å². The normalized spacial score (nSPS) is 9.50. The molecular weight excluding hydrogens is 154 g/mol. The number of esters is 1. The number of carbonyl (C=O) groups excluding carboxylic acids is 1. The largest absolute Gasteiger partial charge is 0.466 e. The van der Waals surface area contributed by atoms with Gasteiger partial charge in [0, 0.05) is 5.71 Å². The Morgan fingerprint density at radius 1 is 1.42 bits per heavy atom. The van der Waals surface area contributed by atoms with Crippen LogP contribution in [-0.2, 0) is 9.53 Å². The lowest BCUT2D eigenvalue weighted by molar-refractivity contribution is -0.141. The molecule has 0 aliphatic heterocycles. The molecule has 0 unspecified atom stereocenters. The second kappa shape index (κ2) is 6.83. The van der Waals surface area contributed by atoms with Crippen LogP contribution in [0.25, 0.3) is 0 Å². The van der Waals surface area contributed by atoms with Crippen molar-refractivity contribution in [3.8, 4) is 0 Å². The summed E-state index contributed by atoms with van der Waals surface area (Å²) < 4.78 is 4.71. The van der Waals surface area contributed by atoms with Crippen LogP contribution in [0, 0.1) is 5.41 Å². The van der Waals surface area contributed by atoms with Gasteiger partial charge in [0.1, 0.15) is 0 Å². The molecule has 0 bridgehead atoms. The van der Waals surface area contributed by atoms with Crippen LogP contribution in [0.1, 0.15) is 39.5 Å². The first-order valence-corrected chi connectivity index (χ1v) is 4.42. The zero-order valence-corrected chi connectivity index (χ0v) is 7.85. The van der Waals surface area contributed by atoms with Crippen LogP contribution in [-0.4, -0.2) is 18.3 Å². The van der Waals surface area contributed by atoms with Crippen molar-refractivity contribution >= 4 is 11.7 Å². The highest BCUT2D eigenvalue weighted by Gasteiger charge is 2.05. The topological polar surface area (TPSA) is 50.2 Å². The molecule has 3 nitrogen and oxygen atoms in total. The summed E-state index contributed by atoms with van der Waals surface area (Å²) in [6.45, 7) is 4.24. The molecular formula is C9H17NO2. The van der Waals surface area contributed by atoms with Gasteiger partial charge >= 0.3 is 5.97 Å². The molecule has 0 aromatic heterocycles. The molecule has 12 heavy (non-hydrogen) atoms. The monoisotopic (exact) mass is 171 g/mol. The van der Waals surface area contributed by atoms with Gasteiger partial charge < -0.3 is 10.1 Å². The smallest absolute Gasteiger partial charge is 0.311 e. The molecule has 0 aromatic rings. The average Bonchev–Trinajstić information content (AvgIpc) is 2.01. The van der Waals surface area contributed by atoms with Gasteiger partial charge in [0.2, 0.25) is 0 Å². The number of nitrogens with one attached hydrogen (secondary N) is 1. The molecule has 0 rings (SSSR count). The third kappa shape index (κ3) is 5.89. The summed E-state index contributed by atoms with van der Waals surface area (Å²) in [6.07, 6.45) is 2.92. The molecule has 0 saturated carbocycles. The van der Waals surface area contributed by atoms with E-state index < -0.39 is 0 Å². The van der Waals surface area contributed by atoms with Gasteiger partial charge in [-0.2, -0.15) is 0 Å². The Kier molecular flexibility index (Phi) is 6.34. The predicted octanol–water partition coefficient (Wildman–Crippen LogP) is 2.15. The van der Waals surface area contributed by atoms with Crippen molar-refractivity contribution in [3.63, 3.8) is 0 Å². The summed E-state index contributed by atoms with van der Waals surface area (Å²) in [6, 6.07) is 0. The first-order chi connectivity index (χ1) is 5.70. The summed E-state index contributed by atoms with van der Waals surface area (Å²) in [5, 5.41) is 7.40. The first kappa shape index (κ1) is 11.1. The van der Waals surface area contributed by atoms with Gasteiger partial charge in [0.25, 0.3) is 0 Å². The van der Waals surface area contributed by atoms with Crippen molar-refractivity contribution in [1.82, 2.24) is 0 Å². The van der Waals surface area contributed by atoms with Gasteiger partial charge in [-0.3, -0.25) is 4.79 Å². The fourth-order valence-corrected chi connectivity index (χ4v) is 0.865. The maximum absolute atomic E-state index is 10.9. The maximum Gasteiger partial charge on any atom is 0.311 e. The molecule has 0 spiro atoms. The van der Waals surface area contributed by atoms with Crippen LogP contribution >= 0.6 is 0 Å². The number of hydrogen-bond donors (Lipinski definition) is 1. The number of hydrogen-bond acceptors (Lipinski definition) is 3. The zero-order valence-electron chi connectivity index (χ0n) is 7.85. The minimum absolute atomic E-state index is 0.161. The van der Waals surface area contributed by atoms with Crippen molar-refractivity contribution in [2.24, 2.45) is 0 Å². The Bertz CT molecular complexity index is 155. The van der Waals surface area contributed by atoms with Crippen molar-refractivity contribution in [3.05, 3.63) is 0 Å². The van der Waals surface area contributed by atoms with Crippen LogP contribution in [0.4, 0.5) is 0 Å². The van der Waals surface area contributed by atoms with Crippen LogP contribution in [0.5, 0.6) is 0 Å². The van der Waals surface area contributed by atoms with E-state index in [2.05, 4.69) is 6.92 Å². The van der Waals surface area contributed by atoms with Crippen LogP contribution in [0.2, 0.25) is 0 Å². The van der Waals surface area contributed by atoms with Crippen LogP contribution < -0.4 is 0 Å².